The normalized spacial score (nSPS) is 12.9. The first kappa shape index (κ1) is 13.3. The van der Waals surface area contributed by atoms with Crippen LogP contribution in [0.25, 0.3) is 4.96 Å². The lowest BCUT2D eigenvalue weighted by Crippen LogP contribution is -2.19. The second-order valence-corrected chi connectivity index (χ2v) is 5.93. The standard InChI is InChI=1S/C15H18N4S/c1-10-6-12(7-11(2)17-10)14(16-3)8-13-9-19-4-5-20-15(19)18-13/h4-7,9,14,16H,8H2,1-3H3. The van der Waals surface area contributed by atoms with Gasteiger partial charge < -0.3 is 5.32 Å². The summed E-state index contributed by atoms with van der Waals surface area (Å²) in [6.45, 7) is 4.08. The van der Waals surface area contributed by atoms with E-state index in [1.54, 1.807) is 11.3 Å². The van der Waals surface area contributed by atoms with Crippen LogP contribution in [0.1, 0.15) is 28.7 Å². The minimum atomic E-state index is 0.264. The number of aryl methyl sites for hydroxylation is 2. The Morgan fingerprint density at radius 2 is 2.00 bits per heavy atom. The lowest BCUT2D eigenvalue weighted by Gasteiger charge is -2.16. The van der Waals surface area contributed by atoms with Gasteiger partial charge in [0.2, 0.25) is 0 Å². The molecule has 0 aromatic carbocycles. The van der Waals surface area contributed by atoms with E-state index >= 15 is 0 Å². The number of likely N-dealkylation sites (N-methyl/N-ethyl adjacent to an activating group) is 1. The SMILES string of the molecule is CNC(Cc1cn2ccsc2n1)c1cc(C)nc(C)c1. The van der Waals surface area contributed by atoms with Crippen LogP contribution in [0.4, 0.5) is 0 Å². The highest BCUT2D eigenvalue weighted by Crippen LogP contribution is 2.20. The maximum absolute atomic E-state index is 4.66. The summed E-state index contributed by atoms with van der Waals surface area (Å²) in [5.41, 5.74) is 4.51. The third kappa shape index (κ3) is 2.59. The minimum Gasteiger partial charge on any atom is -0.313 e. The van der Waals surface area contributed by atoms with Gasteiger partial charge in [0.25, 0.3) is 0 Å². The number of nitrogens with zero attached hydrogens (tertiary/aromatic N) is 3. The molecule has 1 unspecified atom stereocenters. The van der Waals surface area contributed by atoms with Gasteiger partial charge in [0.05, 0.1) is 5.69 Å². The van der Waals surface area contributed by atoms with E-state index in [1.807, 2.05) is 27.1 Å². The number of hydrogen-bond acceptors (Lipinski definition) is 4. The molecule has 0 fully saturated rings. The van der Waals surface area contributed by atoms with Crippen molar-refractivity contribution in [1.29, 1.82) is 0 Å². The summed E-state index contributed by atoms with van der Waals surface area (Å²) in [4.78, 5) is 10.1. The predicted octanol–water partition coefficient (Wildman–Crippen LogP) is 2.91. The lowest BCUT2D eigenvalue weighted by molar-refractivity contribution is 0.584. The van der Waals surface area contributed by atoms with Crippen molar-refractivity contribution in [2.24, 2.45) is 0 Å². The number of thiazole rings is 1. The summed E-state index contributed by atoms with van der Waals surface area (Å²) in [6, 6.07) is 4.55. The summed E-state index contributed by atoms with van der Waals surface area (Å²) < 4.78 is 2.08. The maximum Gasteiger partial charge on any atom is 0.193 e. The number of rotatable bonds is 4. The van der Waals surface area contributed by atoms with Crippen LogP contribution in [-0.4, -0.2) is 21.4 Å². The van der Waals surface area contributed by atoms with Gasteiger partial charge in [-0.1, -0.05) is 0 Å². The Balaban J connectivity index is 1.87. The summed E-state index contributed by atoms with van der Waals surface area (Å²) >= 11 is 1.66. The highest BCUT2D eigenvalue weighted by Gasteiger charge is 2.14. The molecule has 3 rings (SSSR count). The molecule has 1 N–H and O–H groups in total. The minimum absolute atomic E-state index is 0.264. The lowest BCUT2D eigenvalue weighted by atomic mass is 10.0. The number of pyridine rings is 1. The molecule has 0 aliphatic heterocycles. The van der Waals surface area contributed by atoms with Crippen LogP contribution in [0.15, 0.2) is 29.9 Å². The quantitative estimate of drug-likeness (QED) is 0.802. The van der Waals surface area contributed by atoms with Gasteiger partial charge in [-0.15, -0.1) is 11.3 Å². The van der Waals surface area contributed by atoms with Gasteiger partial charge in [0, 0.05) is 41.6 Å². The molecule has 0 saturated carbocycles. The van der Waals surface area contributed by atoms with E-state index in [1.165, 1.54) is 5.56 Å². The Morgan fingerprint density at radius 3 is 2.65 bits per heavy atom. The fraction of sp³-hybridized carbons (Fsp3) is 0.333. The summed E-state index contributed by atoms with van der Waals surface area (Å²) in [6.07, 6.45) is 5.04. The molecule has 0 spiro atoms. The van der Waals surface area contributed by atoms with Crippen LogP contribution in [0.2, 0.25) is 0 Å². The summed E-state index contributed by atoms with van der Waals surface area (Å²) in [5.74, 6) is 0. The number of hydrogen-bond donors (Lipinski definition) is 1. The van der Waals surface area contributed by atoms with E-state index in [0.29, 0.717) is 0 Å². The molecule has 5 heteroatoms. The number of fused-ring (bicyclic) bond motifs is 1. The molecule has 0 amide bonds. The molecule has 3 aromatic heterocycles. The molecule has 0 radical (unpaired) electrons. The molecular weight excluding hydrogens is 268 g/mol. The van der Waals surface area contributed by atoms with Crippen molar-refractivity contribution in [3.8, 4) is 0 Å². The molecule has 0 aliphatic carbocycles. The molecule has 3 heterocycles. The van der Waals surface area contributed by atoms with Crippen molar-refractivity contribution in [2.75, 3.05) is 7.05 Å². The number of imidazole rings is 1. The van der Waals surface area contributed by atoms with E-state index in [-0.39, 0.29) is 6.04 Å². The Bertz CT molecular complexity index is 680. The zero-order chi connectivity index (χ0) is 14.1. The molecular formula is C15H18N4S. The van der Waals surface area contributed by atoms with Crippen molar-refractivity contribution >= 4 is 16.3 Å². The van der Waals surface area contributed by atoms with Crippen molar-refractivity contribution in [3.05, 3.63) is 52.6 Å². The summed E-state index contributed by atoms with van der Waals surface area (Å²) in [5, 5.41) is 5.44. The van der Waals surface area contributed by atoms with Crippen molar-refractivity contribution in [2.45, 2.75) is 26.3 Å². The van der Waals surface area contributed by atoms with Gasteiger partial charge >= 0.3 is 0 Å². The van der Waals surface area contributed by atoms with Crippen LogP contribution >= 0.6 is 11.3 Å². The van der Waals surface area contributed by atoms with E-state index in [0.717, 1.165) is 28.5 Å². The maximum atomic E-state index is 4.66. The van der Waals surface area contributed by atoms with Gasteiger partial charge in [0.1, 0.15) is 0 Å². The first-order valence-corrected chi connectivity index (χ1v) is 7.57. The van der Waals surface area contributed by atoms with Gasteiger partial charge in [-0.3, -0.25) is 9.38 Å². The third-order valence-corrected chi connectivity index (χ3v) is 4.18. The van der Waals surface area contributed by atoms with Gasteiger partial charge in [0.15, 0.2) is 4.96 Å². The molecule has 3 aromatic rings. The average Bonchev–Trinajstić information content (AvgIpc) is 2.95. The Morgan fingerprint density at radius 1 is 1.25 bits per heavy atom. The van der Waals surface area contributed by atoms with Crippen LogP contribution < -0.4 is 5.32 Å². The Kier molecular flexibility index (Phi) is 3.54. The fourth-order valence-electron chi connectivity index (χ4n) is 2.54. The van der Waals surface area contributed by atoms with Gasteiger partial charge in [-0.05, 0) is 38.6 Å². The first-order valence-electron chi connectivity index (χ1n) is 6.69. The largest absolute Gasteiger partial charge is 0.313 e. The fourth-order valence-corrected chi connectivity index (χ4v) is 3.26. The van der Waals surface area contributed by atoms with Gasteiger partial charge in [-0.25, -0.2) is 4.98 Å². The van der Waals surface area contributed by atoms with Crippen molar-refractivity contribution in [3.63, 3.8) is 0 Å². The zero-order valence-corrected chi connectivity index (χ0v) is 12.7. The predicted molar refractivity (Wildman–Crippen MR) is 82.3 cm³/mol. The van der Waals surface area contributed by atoms with Crippen LogP contribution in [0.3, 0.4) is 0 Å². The Hall–Kier alpha value is -1.72. The highest BCUT2D eigenvalue weighted by molar-refractivity contribution is 7.15. The molecule has 0 saturated heterocycles. The van der Waals surface area contributed by atoms with E-state index in [9.17, 15) is 0 Å². The molecule has 104 valence electrons. The topological polar surface area (TPSA) is 42.2 Å². The summed E-state index contributed by atoms with van der Waals surface area (Å²) in [7, 11) is 1.99. The number of aromatic nitrogens is 3. The second kappa shape index (κ2) is 5.34. The molecule has 4 nitrogen and oxygen atoms in total. The molecule has 0 aliphatic rings. The van der Waals surface area contributed by atoms with E-state index in [4.69, 9.17) is 0 Å². The van der Waals surface area contributed by atoms with E-state index in [2.05, 4.69) is 43.4 Å². The third-order valence-electron chi connectivity index (χ3n) is 3.41. The number of nitrogens with one attached hydrogen (secondary N) is 1. The first-order chi connectivity index (χ1) is 9.65. The molecule has 0 bridgehead atoms. The van der Waals surface area contributed by atoms with Crippen LogP contribution in [0.5, 0.6) is 0 Å². The Labute approximate surface area is 122 Å². The van der Waals surface area contributed by atoms with E-state index < -0.39 is 0 Å². The van der Waals surface area contributed by atoms with Crippen LogP contribution in [-0.2, 0) is 6.42 Å². The smallest absolute Gasteiger partial charge is 0.193 e. The molecule has 20 heavy (non-hydrogen) atoms. The highest BCUT2D eigenvalue weighted by atomic mass is 32.1. The van der Waals surface area contributed by atoms with Crippen molar-refractivity contribution in [1.82, 2.24) is 19.7 Å². The zero-order valence-electron chi connectivity index (χ0n) is 11.9. The second-order valence-electron chi connectivity index (χ2n) is 5.05. The van der Waals surface area contributed by atoms with Crippen LogP contribution in [0, 0.1) is 13.8 Å². The van der Waals surface area contributed by atoms with Gasteiger partial charge in [-0.2, -0.15) is 0 Å². The van der Waals surface area contributed by atoms with Crippen molar-refractivity contribution < 1.29 is 0 Å². The monoisotopic (exact) mass is 286 g/mol. The molecule has 1 atom stereocenters. The average molecular weight is 286 g/mol.